The van der Waals surface area contributed by atoms with Gasteiger partial charge in [0.05, 0.1) is 8.81 Å². The van der Waals surface area contributed by atoms with Crippen LogP contribution < -0.4 is 4.72 Å². The standard InChI is InChI=1S/C11H18BrClN2O2S2/c1-7(2)9(15(3)4)6-14-19(16,17)10-5-8(13)11(12)18-10/h5,7,9,14H,6H2,1-4H3. The zero-order valence-electron chi connectivity index (χ0n) is 11.3. The average molecular weight is 390 g/mol. The van der Waals surface area contributed by atoms with E-state index in [0.717, 1.165) is 11.3 Å². The highest BCUT2D eigenvalue weighted by Gasteiger charge is 2.22. The highest BCUT2D eigenvalue weighted by atomic mass is 79.9. The van der Waals surface area contributed by atoms with Gasteiger partial charge in [-0.2, -0.15) is 0 Å². The van der Waals surface area contributed by atoms with Crippen LogP contribution in [0.4, 0.5) is 0 Å². The van der Waals surface area contributed by atoms with Crippen LogP contribution in [0.1, 0.15) is 13.8 Å². The Balaban J connectivity index is 2.80. The second kappa shape index (κ2) is 6.87. The maximum absolute atomic E-state index is 12.1. The van der Waals surface area contributed by atoms with Gasteiger partial charge in [0.1, 0.15) is 4.21 Å². The van der Waals surface area contributed by atoms with Crippen molar-refractivity contribution >= 4 is 48.9 Å². The molecule has 0 aliphatic rings. The predicted octanol–water partition coefficient (Wildman–Crippen LogP) is 3.03. The Labute approximate surface area is 132 Å². The molecule has 0 bridgehead atoms. The monoisotopic (exact) mass is 388 g/mol. The van der Waals surface area contributed by atoms with Gasteiger partial charge in [-0.25, -0.2) is 13.1 Å². The van der Waals surface area contributed by atoms with Crippen molar-refractivity contribution in [1.29, 1.82) is 0 Å². The third-order valence-electron chi connectivity index (χ3n) is 2.80. The number of thiophene rings is 1. The molecule has 4 nitrogen and oxygen atoms in total. The zero-order chi connectivity index (χ0) is 14.8. The van der Waals surface area contributed by atoms with Crippen LogP contribution in [-0.2, 0) is 10.0 Å². The first-order valence-corrected chi connectivity index (χ1v) is 9.23. The van der Waals surface area contributed by atoms with E-state index in [-0.39, 0.29) is 10.3 Å². The van der Waals surface area contributed by atoms with Crippen LogP contribution in [0.25, 0.3) is 0 Å². The van der Waals surface area contributed by atoms with Crippen molar-refractivity contribution in [3.8, 4) is 0 Å². The van der Waals surface area contributed by atoms with Crippen LogP contribution in [0.5, 0.6) is 0 Å². The molecule has 1 heterocycles. The molecule has 1 rings (SSSR count). The van der Waals surface area contributed by atoms with Crippen molar-refractivity contribution in [3.63, 3.8) is 0 Å². The number of hydrogen-bond acceptors (Lipinski definition) is 4. The van der Waals surface area contributed by atoms with Crippen molar-refractivity contribution in [1.82, 2.24) is 9.62 Å². The van der Waals surface area contributed by atoms with E-state index >= 15 is 0 Å². The largest absolute Gasteiger partial charge is 0.305 e. The van der Waals surface area contributed by atoms with E-state index in [1.807, 2.05) is 19.0 Å². The summed E-state index contributed by atoms with van der Waals surface area (Å²) in [6.45, 7) is 4.51. The molecule has 0 aromatic carbocycles. The number of halogens is 2. The van der Waals surface area contributed by atoms with Crippen LogP contribution in [0.15, 0.2) is 14.1 Å². The zero-order valence-corrected chi connectivity index (χ0v) is 15.3. The minimum absolute atomic E-state index is 0.147. The molecule has 0 fully saturated rings. The Hall–Kier alpha value is 0.340. The molecule has 1 aromatic heterocycles. The van der Waals surface area contributed by atoms with E-state index in [1.54, 1.807) is 0 Å². The first-order valence-electron chi connectivity index (χ1n) is 5.76. The molecule has 0 saturated heterocycles. The minimum atomic E-state index is -3.50. The summed E-state index contributed by atoms with van der Waals surface area (Å²) in [6, 6.07) is 1.60. The van der Waals surface area contributed by atoms with Crippen LogP contribution >= 0.6 is 38.9 Å². The molecule has 8 heteroatoms. The molecule has 110 valence electrons. The van der Waals surface area contributed by atoms with Crippen molar-refractivity contribution in [2.45, 2.75) is 24.1 Å². The topological polar surface area (TPSA) is 49.4 Å². The van der Waals surface area contributed by atoms with E-state index in [0.29, 0.717) is 21.3 Å². The maximum Gasteiger partial charge on any atom is 0.250 e. The molecule has 0 aliphatic heterocycles. The summed E-state index contributed by atoms with van der Waals surface area (Å²) in [7, 11) is 0.387. The molecule has 0 spiro atoms. The van der Waals surface area contributed by atoms with Crippen LogP contribution in [0.3, 0.4) is 0 Å². The SMILES string of the molecule is CC(C)C(CNS(=O)(=O)c1cc(Cl)c(Br)s1)N(C)C. The molecule has 1 aromatic rings. The Kier molecular flexibility index (Phi) is 6.28. The smallest absolute Gasteiger partial charge is 0.250 e. The van der Waals surface area contributed by atoms with E-state index in [4.69, 9.17) is 11.6 Å². The summed E-state index contributed by atoms with van der Waals surface area (Å²) in [5.41, 5.74) is 0. The molecule has 0 amide bonds. The summed E-state index contributed by atoms with van der Waals surface area (Å²) >= 11 is 10.2. The lowest BCUT2D eigenvalue weighted by atomic mass is 10.0. The predicted molar refractivity (Wildman–Crippen MR) is 84.5 cm³/mol. The van der Waals surface area contributed by atoms with Crippen molar-refractivity contribution in [3.05, 3.63) is 14.9 Å². The lowest BCUT2D eigenvalue weighted by Crippen LogP contribution is -2.43. The normalized spacial score (nSPS) is 14.3. The molecule has 1 unspecified atom stereocenters. The lowest BCUT2D eigenvalue weighted by molar-refractivity contribution is 0.233. The van der Waals surface area contributed by atoms with Gasteiger partial charge in [0.25, 0.3) is 0 Å². The number of hydrogen-bond donors (Lipinski definition) is 1. The second-order valence-electron chi connectivity index (χ2n) is 4.81. The van der Waals surface area contributed by atoms with Crippen LogP contribution in [0.2, 0.25) is 5.02 Å². The Morgan fingerprint density at radius 1 is 1.47 bits per heavy atom. The fraction of sp³-hybridized carbons (Fsp3) is 0.636. The summed E-state index contributed by atoms with van der Waals surface area (Å²) in [5, 5.41) is 0.415. The molecular formula is C11H18BrClN2O2S2. The summed E-state index contributed by atoms with van der Waals surface area (Å²) < 4.78 is 27.8. The lowest BCUT2D eigenvalue weighted by Gasteiger charge is -2.27. The van der Waals surface area contributed by atoms with E-state index in [9.17, 15) is 8.42 Å². The Morgan fingerprint density at radius 2 is 2.05 bits per heavy atom. The van der Waals surface area contributed by atoms with Gasteiger partial charge in [-0.05, 0) is 42.0 Å². The van der Waals surface area contributed by atoms with Gasteiger partial charge < -0.3 is 4.90 Å². The summed E-state index contributed by atoms with van der Waals surface area (Å²) in [6.07, 6.45) is 0. The molecule has 19 heavy (non-hydrogen) atoms. The molecule has 1 N–H and O–H groups in total. The summed E-state index contributed by atoms with van der Waals surface area (Å²) in [5.74, 6) is 0.358. The van der Waals surface area contributed by atoms with Crippen molar-refractivity contribution in [2.75, 3.05) is 20.6 Å². The fourth-order valence-electron chi connectivity index (χ4n) is 1.74. The van der Waals surface area contributed by atoms with Gasteiger partial charge in [-0.1, -0.05) is 25.4 Å². The van der Waals surface area contributed by atoms with Gasteiger partial charge in [0.2, 0.25) is 10.0 Å². The van der Waals surface area contributed by atoms with E-state index in [1.165, 1.54) is 6.07 Å². The van der Waals surface area contributed by atoms with Crippen molar-refractivity contribution in [2.24, 2.45) is 5.92 Å². The van der Waals surface area contributed by atoms with Gasteiger partial charge in [-0.15, -0.1) is 11.3 Å². The Morgan fingerprint density at radius 3 is 2.42 bits per heavy atom. The minimum Gasteiger partial charge on any atom is -0.305 e. The Bertz CT molecular complexity index is 501. The second-order valence-corrected chi connectivity index (χ2v) is 9.59. The highest BCUT2D eigenvalue weighted by Crippen LogP contribution is 2.34. The van der Waals surface area contributed by atoms with Crippen LogP contribution in [-0.4, -0.2) is 40.0 Å². The van der Waals surface area contributed by atoms with Gasteiger partial charge in [0.15, 0.2) is 0 Å². The number of nitrogens with one attached hydrogen (secondary N) is 1. The highest BCUT2D eigenvalue weighted by molar-refractivity contribution is 9.11. The number of likely N-dealkylation sites (N-methyl/N-ethyl adjacent to an activating group) is 1. The van der Waals surface area contributed by atoms with Gasteiger partial charge in [-0.3, -0.25) is 0 Å². The molecule has 0 saturated carbocycles. The molecule has 1 atom stereocenters. The molecule has 0 radical (unpaired) electrons. The first kappa shape index (κ1) is 17.4. The number of sulfonamides is 1. The quantitative estimate of drug-likeness (QED) is 0.813. The van der Waals surface area contributed by atoms with E-state index in [2.05, 4.69) is 34.5 Å². The fourth-order valence-corrected chi connectivity index (χ4v) is 5.23. The van der Waals surface area contributed by atoms with Gasteiger partial charge >= 0.3 is 0 Å². The third kappa shape index (κ3) is 4.68. The van der Waals surface area contributed by atoms with E-state index < -0.39 is 10.0 Å². The summed E-state index contributed by atoms with van der Waals surface area (Å²) in [4.78, 5) is 2.02. The van der Waals surface area contributed by atoms with Crippen LogP contribution in [0, 0.1) is 5.92 Å². The third-order valence-corrected chi connectivity index (χ3v) is 7.17. The van der Waals surface area contributed by atoms with Gasteiger partial charge in [0, 0.05) is 12.6 Å². The maximum atomic E-state index is 12.1. The molecular weight excluding hydrogens is 372 g/mol. The van der Waals surface area contributed by atoms with Crippen molar-refractivity contribution < 1.29 is 8.42 Å². The first-order chi connectivity index (χ1) is 8.65. The molecule has 0 aliphatic carbocycles. The number of rotatable bonds is 6. The number of nitrogens with zero attached hydrogens (tertiary/aromatic N) is 1. The average Bonchev–Trinajstić information content (AvgIpc) is 2.59.